The highest BCUT2D eigenvalue weighted by Crippen LogP contribution is 2.75. The minimum absolute atomic E-state index is 0.0130. The highest BCUT2D eigenvalue weighted by Gasteiger charge is 2.68. The van der Waals surface area contributed by atoms with E-state index in [0.717, 1.165) is 62.6 Å². The molecule has 1 N–H and O–H groups in total. The second kappa shape index (κ2) is 14.9. The van der Waals surface area contributed by atoms with E-state index in [0.29, 0.717) is 42.8 Å². The number of esters is 1. The monoisotopic (exact) mass is 773 g/mol. The van der Waals surface area contributed by atoms with Gasteiger partial charge in [-0.2, -0.15) is 0 Å². The van der Waals surface area contributed by atoms with Gasteiger partial charge in [-0.25, -0.2) is 9.67 Å². The maximum Gasteiger partial charge on any atom is 0.309 e. The Kier molecular flexibility index (Phi) is 11.2. The van der Waals surface area contributed by atoms with E-state index in [4.69, 9.17) is 9.47 Å². The molecule has 10 nitrogen and oxygen atoms in total. The molecular formula is C46H67N3O7. The van der Waals surface area contributed by atoms with Gasteiger partial charge in [0.25, 0.3) is 5.56 Å². The molecule has 0 radical (unpaired) electrons. The van der Waals surface area contributed by atoms with E-state index in [2.05, 4.69) is 58.1 Å². The number of ether oxygens (including phenoxy) is 2. The van der Waals surface area contributed by atoms with Crippen molar-refractivity contribution >= 4 is 17.7 Å². The van der Waals surface area contributed by atoms with Gasteiger partial charge >= 0.3 is 11.9 Å². The average Bonchev–Trinajstić information content (AvgIpc) is 3.65. The Hall–Kier alpha value is -3.69. The molecule has 2 aromatic heterocycles. The minimum Gasteiger partial charge on any atom is -0.481 e. The molecule has 56 heavy (non-hydrogen) atoms. The van der Waals surface area contributed by atoms with Crippen molar-refractivity contribution in [3.05, 3.63) is 51.6 Å². The normalized spacial score (nSPS) is 32.1. The van der Waals surface area contributed by atoms with Crippen molar-refractivity contribution in [2.45, 2.75) is 158 Å². The van der Waals surface area contributed by atoms with Crippen LogP contribution < -0.4 is 10.3 Å². The molecule has 2 heterocycles. The van der Waals surface area contributed by atoms with E-state index in [9.17, 15) is 24.3 Å². The SMILES string of the molecule is CC[C@H](CC[C@@]1(C)[C@H](C)CC[C@]2(C)[C@@H]1CC[C@@H]1C3=C(C(C)C)C(=O)C[C@]3(c3cc(=O)n(-c4ccc(OC)nc4)n3CC)CC[C@]12C)OC(=O)CC(C)(C)C(=O)O. The van der Waals surface area contributed by atoms with Crippen molar-refractivity contribution in [2.24, 2.45) is 45.3 Å². The van der Waals surface area contributed by atoms with Crippen molar-refractivity contribution in [3.8, 4) is 11.6 Å². The van der Waals surface area contributed by atoms with Gasteiger partial charge in [0, 0.05) is 30.5 Å². The number of carboxylic acids is 1. The molecule has 8 atom stereocenters. The summed E-state index contributed by atoms with van der Waals surface area (Å²) in [7, 11) is 1.58. The molecule has 308 valence electrons. The van der Waals surface area contributed by atoms with Gasteiger partial charge in [0.15, 0.2) is 5.78 Å². The van der Waals surface area contributed by atoms with Crippen molar-refractivity contribution in [3.63, 3.8) is 0 Å². The number of aromatic nitrogens is 3. The smallest absolute Gasteiger partial charge is 0.309 e. The van der Waals surface area contributed by atoms with Crippen molar-refractivity contribution < 1.29 is 29.0 Å². The number of methoxy groups -OCH3 is 1. The number of hydrogen-bond donors (Lipinski definition) is 1. The first-order valence-corrected chi connectivity index (χ1v) is 21.3. The van der Waals surface area contributed by atoms with Crippen LogP contribution in [0.4, 0.5) is 0 Å². The quantitative estimate of drug-likeness (QED) is 0.200. The molecule has 0 aromatic carbocycles. The Bertz CT molecular complexity index is 1940. The lowest BCUT2D eigenvalue weighted by atomic mass is 9.35. The summed E-state index contributed by atoms with van der Waals surface area (Å²) in [6.07, 6.45) is 10.1. The predicted octanol–water partition coefficient (Wildman–Crippen LogP) is 9.10. The van der Waals surface area contributed by atoms with E-state index in [1.54, 1.807) is 44.0 Å². The molecule has 4 aliphatic carbocycles. The Balaban J connectivity index is 1.36. The van der Waals surface area contributed by atoms with E-state index < -0.39 is 22.8 Å². The summed E-state index contributed by atoms with van der Waals surface area (Å²) in [4.78, 5) is 57.4. The molecule has 6 rings (SSSR count). The zero-order valence-electron chi connectivity index (χ0n) is 35.9. The first-order chi connectivity index (χ1) is 26.2. The fourth-order valence-corrected chi connectivity index (χ4v) is 12.4. The maximum absolute atomic E-state index is 14.4. The second-order valence-corrected chi connectivity index (χ2v) is 19.5. The standard InChI is InChI=1S/C46H67N3O7/c1-12-31(56-38(52)26-42(6,7)41(53)54)19-20-43(8)29(5)18-21-45(10)34(43)16-15-32-40-39(28(3)4)33(50)25-46(40,23-22-44(32,45)9)35-24-37(51)49(48(35)13-2)30-14-17-36(55-11)47-27-30/h14,17,24,27-29,31-32,34H,12-13,15-16,18-23,25-26H2,1-11H3,(H,53,54)/t29-,31-,32-,34-,43+,44-,45-,46+/m1/s1. The predicted molar refractivity (Wildman–Crippen MR) is 217 cm³/mol. The van der Waals surface area contributed by atoms with Crippen molar-refractivity contribution in [1.82, 2.24) is 14.3 Å². The van der Waals surface area contributed by atoms with Crippen molar-refractivity contribution in [1.29, 1.82) is 0 Å². The summed E-state index contributed by atoms with van der Waals surface area (Å²) >= 11 is 0. The zero-order chi connectivity index (χ0) is 41.2. The molecular weight excluding hydrogens is 707 g/mol. The molecule has 0 unspecified atom stereocenters. The van der Waals surface area contributed by atoms with Gasteiger partial charge in [0.05, 0.1) is 36.5 Å². The fraction of sp³-hybridized carbons (Fsp3) is 0.717. The Morgan fingerprint density at radius 3 is 2.34 bits per heavy atom. The third kappa shape index (κ3) is 6.49. The van der Waals surface area contributed by atoms with Crippen LogP contribution in [-0.2, 0) is 31.1 Å². The van der Waals surface area contributed by atoms with Gasteiger partial charge < -0.3 is 14.6 Å². The number of nitrogens with zero attached hydrogens (tertiary/aromatic N) is 3. The van der Waals surface area contributed by atoms with Crippen LogP contribution in [0.3, 0.4) is 0 Å². The Labute approximate surface area is 333 Å². The number of carbonyl (C=O) groups is 3. The molecule has 0 saturated heterocycles. The van der Waals surface area contributed by atoms with Crippen LogP contribution in [0.5, 0.6) is 5.88 Å². The molecule has 0 spiro atoms. The number of allylic oxidation sites excluding steroid dienone is 2. The van der Waals surface area contributed by atoms with E-state index in [1.807, 2.05) is 13.0 Å². The third-order valence-electron chi connectivity index (χ3n) is 16.0. The number of hydrogen-bond acceptors (Lipinski definition) is 7. The summed E-state index contributed by atoms with van der Waals surface area (Å²) in [5.74, 6) is 0.501. The molecule has 10 heteroatoms. The Morgan fingerprint density at radius 1 is 1.04 bits per heavy atom. The van der Waals surface area contributed by atoms with Crippen LogP contribution in [0.25, 0.3) is 5.69 Å². The van der Waals surface area contributed by atoms with Crippen LogP contribution in [0.15, 0.2) is 40.3 Å². The van der Waals surface area contributed by atoms with Gasteiger partial charge in [-0.05, 0) is 136 Å². The lowest BCUT2D eigenvalue weighted by Crippen LogP contribution is -2.62. The number of fused-ring (bicyclic) bond motifs is 5. The molecule has 2 aromatic rings. The molecule has 0 aliphatic heterocycles. The van der Waals surface area contributed by atoms with Gasteiger partial charge in [-0.1, -0.05) is 48.5 Å². The third-order valence-corrected chi connectivity index (χ3v) is 16.0. The van der Waals surface area contributed by atoms with E-state index in [-0.39, 0.29) is 51.9 Å². The highest BCUT2D eigenvalue weighted by atomic mass is 16.5. The maximum atomic E-state index is 14.4. The van der Waals surface area contributed by atoms with Crippen LogP contribution in [0.2, 0.25) is 0 Å². The molecule has 0 bridgehead atoms. The number of carboxylic acid groups (broad SMARTS) is 1. The molecule has 3 saturated carbocycles. The fourth-order valence-electron chi connectivity index (χ4n) is 12.4. The van der Waals surface area contributed by atoms with Gasteiger partial charge in [0.1, 0.15) is 6.10 Å². The lowest BCUT2D eigenvalue weighted by molar-refractivity contribution is -0.184. The number of aliphatic carboxylic acids is 1. The summed E-state index contributed by atoms with van der Waals surface area (Å²) in [5.41, 5.74) is 2.06. The molecule has 0 amide bonds. The topological polar surface area (TPSA) is 130 Å². The number of pyridine rings is 1. The number of carbonyl (C=O) groups excluding carboxylic acids is 2. The van der Waals surface area contributed by atoms with E-state index in [1.165, 1.54) is 5.57 Å². The molecule has 4 aliphatic rings. The van der Waals surface area contributed by atoms with E-state index >= 15 is 0 Å². The minimum atomic E-state index is -1.17. The second-order valence-electron chi connectivity index (χ2n) is 19.5. The van der Waals surface area contributed by atoms with Crippen molar-refractivity contribution in [2.75, 3.05) is 7.11 Å². The van der Waals surface area contributed by atoms with Crippen LogP contribution in [0, 0.1) is 45.3 Å². The van der Waals surface area contributed by atoms with Gasteiger partial charge in [-0.3, -0.25) is 23.9 Å². The summed E-state index contributed by atoms with van der Waals surface area (Å²) < 4.78 is 15.1. The Morgan fingerprint density at radius 2 is 1.75 bits per heavy atom. The van der Waals surface area contributed by atoms with Crippen LogP contribution >= 0.6 is 0 Å². The zero-order valence-corrected chi connectivity index (χ0v) is 35.9. The molecule has 3 fully saturated rings. The first kappa shape index (κ1) is 41.9. The first-order valence-electron chi connectivity index (χ1n) is 21.3. The number of Topliss-reactive ketones (excluding diaryl/α,β-unsaturated/α-hetero) is 1. The average molecular weight is 774 g/mol. The summed E-state index contributed by atoms with van der Waals surface area (Å²) in [6.45, 7) is 22.1. The highest BCUT2D eigenvalue weighted by molar-refractivity contribution is 6.01. The number of rotatable bonds is 13. The van der Waals surface area contributed by atoms with Crippen LogP contribution in [-0.4, -0.2) is 50.4 Å². The van der Waals surface area contributed by atoms with Crippen LogP contribution in [0.1, 0.15) is 146 Å². The summed E-state index contributed by atoms with van der Waals surface area (Å²) in [6, 6.07) is 5.44. The summed E-state index contributed by atoms with van der Waals surface area (Å²) in [5, 5.41) is 9.58. The lowest BCUT2D eigenvalue weighted by Gasteiger charge is -2.69. The van der Waals surface area contributed by atoms with Gasteiger partial charge in [-0.15, -0.1) is 0 Å². The largest absolute Gasteiger partial charge is 0.481 e. The van der Waals surface area contributed by atoms with Gasteiger partial charge in [0.2, 0.25) is 5.88 Å². The number of ketones is 1.